The molecule has 1 aromatic carbocycles. The number of anilines is 1. The van der Waals surface area contributed by atoms with Gasteiger partial charge in [-0.15, -0.1) is 0 Å². The van der Waals surface area contributed by atoms with E-state index in [9.17, 15) is 4.79 Å². The van der Waals surface area contributed by atoms with Crippen LogP contribution in [0.25, 0.3) is 0 Å². The highest BCUT2D eigenvalue weighted by Gasteiger charge is 2.12. The van der Waals surface area contributed by atoms with Gasteiger partial charge in [0.05, 0.1) is 13.7 Å². The molecule has 1 heterocycles. The summed E-state index contributed by atoms with van der Waals surface area (Å²) in [6, 6.07) is 8.81. The molecule has 0 aliphatic heterocycles. The summed E-state index contributed by atoms with van der Waals surface area (Å²) < 4.78 is 11.0. The van der Waals surface area contributed by atoms with Gasteiger partial charge in [0.25, 0.3) is 5.91 Å². The van der Waals surface area contributed by atoms with Gasteiger partial charge >= 0.3 is 0 Å². The predicted octanol–water partition coefficient (Wildman–Crippen LogP) is 3.83. The van der Waals surface area contributed by atoms with Crippen LogP contribution in [0.2, 0.25) is 0 Å². The normalized spacial score (nSPS) is 10.2. The molecule has 23 heavy (non-hydrogen) atoms. The van der Waals surface area contributed by atoms with Crippen molar-refractivity contribution in [3.63, 3.8) is 0 Å². The molecule has 1 amide bonds. The number of pyridine rings is 1. The van der Waals surface area contributed by atoms with Gasteiger partial charge in [-0.05, 0) is 43.2 Å². The van der Waals surface area contributed by atoms with Gasteiger partial charge in [0.1, 0.15) is 5.82 Å². The summed E-state index contributed by atoms with van der Waals surface area (Å²) in [5.41, 5.74) is 1.53. The first kappa shape index (κ1) is 16.8. The zero-order valence-corrected chi connectivity index (χ0v) is 13.8. The van der Waals surface area contributed by atoms with Crippen molar-refractivity contribution in [2.45, 2.75) is 26.7 Å². The lowest BCUT2D eigenvalue weighted by Crippen LogP contribution is -2.13. The molecule has 0 bridgehead atoms. The fourth-order valence-electron chi connectivity index (χ4n) is 1.98. The SMILES string of the molecule is CCCCOc1ccc(C(=O)Nc2ccc(C)cn2)cc1OC. The first-order valence-electron chi connectivity index (χ1n) is 7.69. The quantitative estimate of drug-likeness (QED) is 0.789. The number of hydrogen-bond donors (Lipinski definition) is 1. The average Bonchev–Trinajstić information content (AvgIpc) is 2.57. The third-order valence-electron chi connectivity index (χ3n) is 3.33. The number of hydrogen-bond acceptors (Lipinski definition) is 4. The van der Waals surface area contributed by atoms with Gasteiger partial charge in [0.15, 0.2) is 11.5 Å². The third kappa shape index (κ3) is 4.71. The highest BCUT2D eigenvalue weighted by molar-refractivity contribution is 6.04. The van der Waals surface area contributed by atoms with Crippen molar-refractivity contribution < 1.29 is 14.3 Å². The molecular formula is C18H22N2O3. The van der Waals surface area contributed by atoms with Crippen LogP contribution in [0.15, 0.2) is 36.5 Å². The van der Waals surface area contributed by atoms with Gasteiger partial charge in [-0.3, -0.25) is 4.79 Å². The number of carbonyl (C=O) groups excluding carboxylic acids is 1. The molecule has 0 fully saturated rings. The van der Waals surface area contributed by atoms with E-state index >= 15 is 0 Å². The second-order valence-corrected chi connectivity index (χ2v) is 5.24. The van der Waals surface area contributed by atoms with E-state index in [4.69, 9.17) is 9.47 Å². The van der Waals surface area contributed by atoms with Gasteiger partial charge < -0.3 is 14.8 Å². The van der Waals surface area contributed by atoms with Crippen molar-refractivity contribution in [3.05, 3.63) is 47.7 Å². The second-order valence-electron chi connectivity index (χ2n) is 5.24. The van der Waals surface area contributed by atoms with E-state index in [0.29, 0.717) is 29.5 Å². The maximum absolute atomic E-state index is 12.3. The van der Waals surface area contributed by atoms with Crippen LogP contribution < -0.4 is 14.8 Å². The fraction of sp³-hybridized carbons (Fsp3) is 0.333. The number of unbranched alkanes of at least 4 members (excludes halogenated alkanes) is 1. The molecule has 0 spiro atoms. The minimum atomic E-state index is -0.236. The van der Waals surface area contributed by atoms with Crippen LogP contribution in [-0.2, 0) is 0 Å². The Morgan fingerprint density at radius 3 is 2.70 bits per heavy atom. The van der Waals surface area contributed by atoms with Gasteiger partial charge in [-0.25, -0.2) is 4.98 Å². The summed E-state index contributed by atoms with van der Waals surface area (Å²) in [7, 11) is 1.56. The summed E-state index contributed by atoms with van der Waals surface area (Å²) in [5, 5.41) is 2.76. The van der Waals surface area contributed by atoms with Crippen LogP contribution in [0, 0.1) is 6.92 Å². The summed E-state index contributed by atoms with van der Waals surface area (Å²) in [6.45, 7) is 4.68. The zero-order valence-electron chi connectivity index (χ0n) is 13.8. The Labute approximate surface area is 136 Å². The van der Waals surface area contributed by atoms with E-state index in [2.05, 4.69) is 17.2 Å². The van der Waals surface area contributed by atoms with Crippen molar-refractivity contribution in [1.29, 1.82) is 0 Å². The van der Waals surface area contributed by atoms with Gasteiger partial charge in [0.2, 0.25) is 0 Å². The lowest BCUT2D eigenvalue weighted by molar-refractivity contribution is 0.102. The molecule has 5 nitrogen and oxygen atoms in total. The largest absolute Gasteiger partial charge is 0.493 e. The smallest absolute Gasteiger partial charge is 0.256 e. The minimum absolute atomic E-state index is 0.236. The second kappa shape index (κ2) is 8.17. The standard InChI is InChI=1S/C18H22N2O3/c1-4-5-10-23-15-8-7-14(11-16(15)22-3)18(21)20-17-9-6-13(2)12-19-17/h6-9,11-12H,4-5,10H2,1-3H3,(H,19,20,21). The fourth-order valence-corrected chi connectivity index (χ4v) is 1.98. The molecule has 0 atom stereocenters. The topological polar surface area (TPSA) is 60.5 Å². The van der Waals surface area contributed by atoms with Gasteiger partial charge in [-0.1, -0.05) is 19.4 Å². The monoisotopic (exact) mass is 314 g/mol. The summed E-state index contributed by atoms with van der Waals surface area (Å²) in [5.74, 6) is 1.47. The lowest BCUT2D eigenvalue weighted by atomic mass is 10.2. The maximum atomic E-state index is 12.3. The van der Waals surface area contributed by atoms with E-state index < -0.39 is 0 Å². The Balaban J connectivity index is 2.09. The Bertz CT molecular complexity index is 654. The number of rotatable bonds is 7. The van der Waals surface area contributed by atoms with E-state index in [1.807, 2.05) is 13.0 Å². The van der Waals surface area contributed by atoms with Gasteiger partial charge in [0, 0.05) is 11.8 Å². The minimum Gasteiger partial charge on any atom is -0.493 e. The van der Waals surface area contributed by atoms with Crippen molar-refractivity contribution in [2.24, 2.45) is 0 Å². The summed E-state index contributed by atoms with van der Waals surface area (Å²) in [6.07, 6.45) is 3.75. The molecule has 0 aliphatic rings. The third-order valence-corrected chi connectivity index (χ3v) is 3.33. The molecule has 2 aromatic rings. The molecule has 5 heteroatoms. The van der Waals surface area contributed by atoms with E-state index in [0.717, 1.165) is 18.4 Å². The number of aryl methyl sites for hydroxylation is 1. The van der Waals surface area contributed by atoms with Crippen LogP contribution in [-0.4, -0.2) is 24.6 Å². The summed E-state index contributed by atoms with van der Waals surface area (Å²) >= 11 is 0. The highest BCUT2D eigenvalue weighted by Crippen LogP contribution is 2.28. The van der Waals surface area contributed by atoms with Crippen LogP contribution >= 0.6 is 0 Å². The van der Waals surface area contributed by atoms with Crippen LogP contribution in [0.5, 0.6) is 11.5 Å². The highest BCUT2D eigenvalue weighted by atomic mass is 16.5. The first-order valence-corrected chi connectivity index (χ1v) is 7.69. The number of nitrogens with one attached hydrogen (secondary N) is 1. The molecule has 2 rings (SSSR count). The molecule has 0 saturated carbocycles. The Kier molecular flexibility index (Phi) is 5.97. The Morgan fingerprint density at radius 1 is 1.22 bits per heavy atom. The van der Waals surface area contributed by atoms with Crippen molar-refractivity contribution >= 4 is 11.7 Å². The van der Waals surface area contributed by atoms with Crippen LogP contribution in [0.1, 0.15) is 35.7 Å². The number of aromatic nitrogens is 1. The first-order chi connectivity index (χ1) is 11.1. The predicted molar refractivity (Wildman–Crippen MR) is 90.3 cm³/mol. The number of ether oxygens (including phenoxy) is 2. The van der Waals surface area contributed by atoms with E-state index in [1.165, 1.54) is 0 Å². The number of carbonyl (C=O) groups is 1. The Hall–Kier alpha value is -2.56. The molecule has 0 saturated heterocycles. The Morgan fingerprint density at radius 2 is 2.04 bits per heavy atom. The molecule has 0 unspecified atom stereocenters. The average molecular weight is 314 g/mol. The zero-order chi connectivity index (χ0) is 16.7. The maximum Gasteiger partial charge on any atom is 0.256 e. The lowest BCUT2D eigenvalue weighted by Gasteiger charge is -2.12. The number of nitrogens with zero attached hydrogens (tertiary/aromatic N) is 1. The van der Waals surface area contributed by atoms with Crippen LogP contribution in [0.4, 0.5) is 5.82 Å². The van der Waals surface area contributed by atoms with Crippen molar-refractivity contribution in [3.8, 4) is 11.5 Å². The molecule has 0 radical (unpaired) electrons. The number of methoxy groups -OCH3 is 1. The van der Waals surface area contributed by atoms with Crippen LogP contribution in [0.3, 0.4) is 0 Å². The molecule has 1 N–H and O–H groups in total. The number of amides is 1. The summed E-state index contributed by atoms with van der Waals surface area (Å²) in [4.78, 5) is 16.5. The molecule has 122 valence electrons. The van der Waals surface area contributed by atoms with Crippen molar-refractivity contribution in [1.82, 2.24) is 4.98 Å². The number of benzene rings is 1. The molecular weight excluding hydrogens is 292 g/mol. The molecule has 1 aromatic heterocycles. The van der Waals surface area contributed by atoms with Crippen molar-refractivity contribution in [2.75, 3.05) is 19.0 Å². The van der Waals surface area contributed by atoms with E-state index in [1.54, 1.807) is 37.6 Å². The van der Waals surface area contributed by atoms with Gasteiger partial charge in [-0.2, -0.15) is 0 Å². The van der Waals surface area contributed by atoms with E-state index in [-0.39, 0.29) is 5.91 Å². The molecule has 0 aliphatic carbocycles.